The van der Waals surface area contributed by atoms with Crippen LogP contribution in [-0.4, -0.2) is 34.7 Å². The molecule has 0 saturated carbocycles. The average Bonchev–Trinajstić information content (AvgIpc) is 2.76. The van der Waals surface area contributed by atoms with Crippen LogP contribution >= 0.6 is 0 Å². The molecule has 4 nitrogen and oxygen atoms in total. The average molecular weight is 275 g/mol. The fourth-order valence-corrected chi connectivity index (χ4v) is 3.56. The summed E-state index contributed by atoms with van der Waals surface area (Å²) in [5, 5.41) is 7.04. The summed E-state index contributed by atoms with van der Waals surface area (Å²) in [6, 6.07) is 0. The third-order valence-electron chi connectivity index (χ3n) is 4.75. The van der Waals surface area contributed by atoms with Gasteiger partial charge in [-0.3, -0.25) is 4.79 Å². The smallest absolute Gasteiger partial charge is 0.267 e. The molecule has 1 N–H and O–H groups in total. The van der Waals surface area contributed by atoms with E-state index in [0.717, 1.165) is 43.5 Å². The van der Waals surface area contributed by atoms with E-state index in [1.807, 2.05) is 0 Å². The van der Waals surface area contributed by atoms with Crippen molar-refractivity contribution in [2.45, 2.75) is 57.8 Å². The summed E-state index contributed by atoms with van der Waals surface area (Å²) < 4.78 is 0. The molecule has 2 heterocycles. The van der Waals surface area contributed by atoms with Gasteiger partial charge in [0.2, 0.25) is 0 Å². The molecule has 0 atom stereocenters. The Kier molecular flexibility index (Phi) is 4.51. The van der Waals surface area contributed by atoms with Gasteiger partial charge < -0.3 is 4.90 Å². The van der Waals surface area contributed by atoms with Gasteiger partial charge >= 0.3 is 0 Å². The Balaban J connectivity index is 1.69. The zero-order valence-corrected chi connectivity index (χ0v) is 12.3. The molecule has 0 radical (unpaired) electrons. The fraction of sp³-hybridized carbons (Fsp3) is 0.750. The highest BCUT2D eigenvalue weighted by atomic mass is 16.1. The van der Waals surface area contributed by atoms with Crippen LogP contribution in [0.2, 0.25) is 0 Å². The maximum absolute atomic E-state index is 11.8. The number of H-pyrrole nitrogens is 1. The number of nitrogens with one attached hydrogen (secondary N) is 1. The van der Waals surface area contributed by atoms with Crippen LogP contribution < -0.4 is 5.56 Å². The topological polar surface area (TPSA) is 49.0 Å². The lowest BCUT2D eigenvalue weighted by Crippen LogP contribution is -2.29. The van der Waals surface area contributed by atoms with Gasteiger partial charge in [0.25, 0.3) is 5.56 Å². The lowest BCUT2D eigenvalue weighted by molar-refractivity contribution is 0.287. The summed E-state index contributed by atoms with van der Waals surface area (Å²) in [5.74, 6) is 0. The van der Waals surface area contributed by atoms with E-state index in [9.17, 15) is 4.79 Å². The highest BCUT2D eigenvalue weighted by molar-refractivity contribution is 5.30. The molecule has 3 rings (SSSR count). The number of aromatic nitrogens is 2. The second-order valence-corrected chi connectivity index (χ2v) is 6.17. The van der Waals surface area contributed by atoms with E-state index >= 15 is 0 Å². The van der Waals surface area contributed by atoms with Crippen LogP contribution in [-0.2, 0) is 19.3 Å². The van der Waals surface area contributed by atoms with Crippen molar-refractivity contribution >= 4 is 0 Å². The quantitative estimate of drug-likeness (QED) is 0.918. The molecule has 110 valence electrons. The second-order valence-electron chi connectivity index (χ2n) is 6.17. The van der Waals surface area contributed by atoms with Gasteiger partial charge in [0, 0.05) is 18.5 Å². The summed E-state index contributed by atoms with van der Waals surface area (Å²) in [4.78, 5) is 14.4. The predicted octanol–water partition coefficient (Wildman–Crippen LogP) is 2.07. The second kappa shape index (κ2) is 6.53. The predicted molar refractivity (Wildman–Crippen MR) is 80.1 cm³/mol. The van der Waals surface area contributed by atoms with E-state index in [1.165, 1.54) is 50.8 Å². The molecule has 1 fully saturated rings. The van der Waals surface area contributed by atoms with Gasteiger partial charge in [-0.2, -0.15) is 5.10 Å². The lowest BCUT2D eigenvalue weighted by atomic mass is 9.91. The first-order valence-corrected chi connectivity index (χ1v) is 8.16. The SMILES string of the molecule is O=c1[nH]nc(CCN2CCCCCC2)c2c1CCCC2. The van der Waals surface area contributed by atoms with Crippen LogP contribution in [0.1, 0.15) is 55.3 Å². The van der Waals surface area contributed by atoms with Crippen LogP contribution in [0.25, 0.3) is 0 Å². The number of nitrogens with zero attached hydrogens (tertiary/aromatic N) is 2. The zero-order chi connectivity index (χ0) is 13.8. The standard InChI is InChI=1S/C16H25N3O/c20-16-14-8-4-3-7-13(14)15(17-18-16)9-12-19-10-5-1-2-6-11-19/h1-12H2,(H,18,20). The normalized spacial score (nSPS) is 20.4. The molecule has 20 heavy (non-hydrogen) atoms. The molecule has 0 amide bonds. The van der Waals surface area contributed by atoms with Crippen molar-refractivity contribution in [3.8, 4) is 0 Å². The summed E-state index contributed by atoms with van der Waals surface area (Å²) in [5.41, 5.74) is 3.45. The molecule has 4 heteroatoms. The third kappa shape index (κ3) is 3.11. The lowest BCUT2D eigenvalue weighted by Gasteiger charge is -2.21. The number of likely N-dealkylation sites (tertiary alicyclic amines) is 1. The Morgan fingerprint density at radius 1 is 0.950 bits per heavy atom. The van der Waals surface area contributed by atoms with Crippen LogP contribution in [0.4, 0.5) is 0 Å². The number of hydrogen-bond donors (Lipinski definition) is 1. The molecule has 1 aromatic rings. The van der Waals surface area contributed by atoms with E-state index in [-0.39, 0.29) is 5.56 Å². The Morgan fingerprint density at radius 2 is 1.65 bits per heavy atom. The number of aromatic amines is 1. The Bertz CT molecular complexity index is 501. The minimum absolute atomic E-state index is 0.0400. The largest absolute Gasteiger partial charge is 0.303 e. The van der Waals surface area contributed by atoms with Crippen molar-refractivity contribution in [3.05, 3.63) is 27.2 Å². The maximum atomic E-state index is 11.8. The third-order valence-corrected chi connectivity index (χ3v) is 4.75. The van der Waals surface area contributed by atoms with Crippen molar-refractivity contribution in [2.75, 3.05) is 19.6 Å². The highest BCUT2D eigenvalue weighted by Crippen LogP contribution is 2.20. The summed E-state index contributed by atoms with van der Waals surface area (Å²) >= 11 is 0. The number of hydrogen-bond acceptors (Lipinski definition) is 3. The number of fused-ring (bicyclic) bond motifs is 1. The van der Waals surface area contributed by atoms with E-state index in [1.54, 1.807) is 0 Å². The van der Waals surface area contributed by atoms with E-state index in [2.05, 4.69) is 15.1 Å². The van der Waals surface area contributed by atoms with Crippen molar-refractivity contribution < 1.29 is 0 Å². The maximum Gasteiger partial charge on any atom is 0.267 e. The Labute approximate surface area is 120 Å². The van der Waals surface area contributed by atoms with Gasteiger partial charge in [-0.1, -0.05) is 12.8 Å². The fourth-order valence-electron chi connectivity index (χ4n) is 3.56. The van der Waals surface area contributed by atoms with Gasteiger partial charge in [-0.15, -0.1) is 0 Å². The van der Waals surface area contributed by atoms with Crippen molar-refractivity contribution in [1.29, 1.82) is 0 Å². The molecule has 1 saturated heterocycles. The molecule has 1 aromatic heterocycles. The zero-order valence-electron chi connectivity index (χ0n) is 12.3. The van der Waals surface area contributed by atoms with Crippen molar-refractivity contribution in [2.24, 2.45) is 0 Å². The van der Waals surface area contributed by atoms with E-state index in [0.29, 0.717) is 0 Å². The highest BCUT2D eigenvalue weighted by Gasteiger charge is 2.18. The van der Waals surface area contributed by atoms with Gasteiger partial charge in [0.15, 0.2) is 0 Å². The van der Waals surface area contributed by atoms with Crippen LogP contribution in [0, 0.1) is 0 Å². The summed E-state index contributed by atoms with van der Waals surface area (Å²) in [6.07, 6.45) is 10.7. The molecule has 2 aliphatic rings. The van der Waals surface area contributed by atoms with Crippen molar-refractivity contribution in [1.82, 2.24) is 15.1 Å². The van der Waals surface area contributed by atoms with Crippen LogP contribution in [0.5, 0.6) is 0 Å². The van der Waals surface area contributed by atoms with Gasteiger partial charge in [-0.25, -0.2) is 5.10 Å². The molecule has 0 spiro atoms. The first-order valence-electron chi connectivity index (χ1n) is 8.16. The van der Waals surface area contributed by atoms with Crippen LogP contribution in [0.15, 0.2) is 4.79 Å². The molecular weight excluding hydrogens is 250 g/mol. The van der Waals surface area contributed by atoms with Gasteiger partial charge in [0.05, 0.1) is 5.69 Å². The first kappa shape index (κ1) is 13.8. The molecule has 0 bridgehead atoms. The molecule has 1 aliphatic carbocycles. The van der Waals surface area contributed by atoms with E-state index in [4.69, 9.17) is 0 Å². The Hall–Kier alpha value is -1.16. The minimum atomic E-state index is 0.0400. The minimum Gasteiger partial charge on any atom is -0.303 e. The number of rotatable bonds is 3. The molecular formula is C16H25N3O. The molecule has 0 unspecified atom stereocenters. The molecule has 1 aliphatic heterocycles. The monoisotopic (exact) mass is 275 g/mol. The van der Waals surface area contributed by atoms with Gasteiger partial charge in [0.1, 0.15) is 0 Å². The first-order chi connectivity index (χ1) is 9.84. The van der Waals surface area contributed by atoms with E-state index < -0.39 is 0 Å². The summed E-state index contributed by atoms with van der Waals surface area (Å²) in [6.45, 7) is 3.54. The molecule has 0 aromatic carbocycles. The van der Waals surface area contributed by atoms with Gasteiger partial charge in [-0.05, 0) is 57.2 Å². The Morgan fingerprint density at radius 3 is 2.40 bits per heavy atom. The van der Waals surface area contributed by atoms with Crippen LogP contribution in [0.3, 0.4) is 0 Å². The van der Waals surface area contributed by atoms with Crippen molar-refractivity contribution in [3.63, 3.8) is 0 Å². The summed E-state index contributed by atoms with van der Waals surface area (Å²) in [7, 11) is 0.